The predicted molar refractivity (Wildman–Crippen MR) is 159 cm³/mol. The maximum atomic E-state index is 13.8. The molecule has 42 heavy (non-hydrogen) atoms. The van der Waals surface area contributed by atoms with E-state index in [9.17, 15) is 19.5 Å². The van der Waals surface area contributed by atoms with Gasteiger partial charge in [0, 0.05) is 11.6 Å². The Kier molecular flexibility index (Phi) is 8.28. The first kappa shape index (κ1) is 28.8. The Labute approximate surface area is 248 Å². The number of esters is 1. The lowest BCUT2D eigenvalue weighted by Gasteiger charge is -2.24. The van der Waals surface area contributed by atoms with Gasteiger partial charge in [-0.15, -0.1) is 0 Å². The van der Waals surface area contributed by atoms with Crippen molar-refractivity contribution in [1.82, 2.24) is 4.57 Å². The summed E-state index contributed by atoms with van der Waals surface area (Å²) in [5, 5.41) is 9.31. The number of carboxylic acids is 1. The molecule has 1 aliphatic heterocycles. The maximum absolute atomic E-state index is 13.8. The van der Waals surface area contributed by atoms with E-state index in [1.165, 1.54) is 28.0 Å². The molecule has 0 saturated heterocycles. The number of ether oxygens (including phenoxy) is 2. The minimum Gasteiger partial charge on any atom is -0.490 e. The first-order chi connectivity index (χ1) is 20.2. The molecule has 0 saturated carbocycles. The lowest BCUT2D eigenvalue weighted by atomic mass is 9.96. The van der Waals surface area contributed by atoms with Gasteiger partial charge in [-0.2, -0.15) is 0 Å². The van der Waals surface area contributed by atoms with Gasteiger partial charge >= 0.3 is 11.9 Å². The van der Waals surface area contributed by atoms with Crippen LogP contribution in [0.5, 0.6) is 5.75 Å². The maximum Gasteiger partial charge on any atom is 0.338 e. The number of nitrogens with zero attached hydrogens (tertiary/aromatic N) is 2. The average molecular weight is 605 g/mol. The lowest BCUT2D eigenvalue weighted by molar-refractivity contribution is -0.139. The van der Waals surface area contributed by atoms with Gasteiger partial charge in [0.1, 0.15) is 23.9 Å². The Balaban J connectivity index is 1.57. The standard InChI is InChI=1S/C31H25ClN2O7S/c1-4-14-40-20-9-6-18(7-10-20)27-26(30(38)39-5-2)17(3)33-31-34(27)28(35)25(42-31)16-21-11-13-24(41-21)19-8-12-22(29(36)37)23(32)15-19/h4,6-13,15-16,27H,1,5,14H2,2-3H3,(H,36,37)/b25-16-/t27-/m0/s1. The van der Waals surface area contributed by atoms with Gasteiger partial charge < -0.3 is 19.0 Å². The summed E-state index contributed by atoms with van der Waals surface area (Å²) in [5.41, 5.74) is 1.64. The summed E-state index contributed by atoms with van der Waals surface area (Å²) < 4.78 is 18.7. The fourth-order valence-electron chi connectivity index (χ4n) is 4.56. The largest absolute Gasteiger partial charge is 0.490 e. The number of aromatic carboxylic acids is 1. The minimum absolute atomic E-state index is 0.0146. The van der Waals surface area contributed by atoms with E-state index >= 15 is 0 Å². The predicted octanol–water partition coefficient (Wildman–Crippen LogP) is 4.97. The summed E-state index contributed by atoms with van der Waals surface area (Å²) in [6.07, 6.45) is 3.25. The Morgan fingerprint density at radius 1 is 1.19 bits per heavy atom. The van der Waals surface area contributed by atoms with E-state index in [1.54, 1.807) is 68.5 Å². The van der Waals surface area contributed by atoms with Crippen LogP contribution in [0.3, 0.4) is 0 Å². The minimum atomic E-state index is -1.13. The quantitative estimate of drug-likeness (QED) is 0.211. The van der Waals surface area contributed by atoms with Crippen molar-refractivity contribution in [2.45, 2.75) is 19.9 Å². The fourth-order valence-corrected chi connectivity index (χ4v) is 5.85. The second-order valence-corrected chi connectivity index (χ2v) is 10.6. The van der Waals surface area contributed by atoms with Crippen LogP contribution in [-0.2, 0) is 9.53 Å². The molecule has 11 heteroatoms. The Bertz CT molecular complexity index is 1920. The molecule has 214 valence electrons. The third kappa shape index (κ3) is 5.59. The summed E-state index contributed by atoms with van der Waals surface area (Å²) in [4.78, 5) is 43.2. The van der Waals surface area contributed by atoms with Crippen LogP contribution in [-0.4, -0.2) is 34.8 Å². The van der Waals surface area contributed by atoms with Gasteiger partial charge in [0.15, 0.2) is 4.80 Å². The van der Waals surface area contributed by atoms with Crippen molar-refractivity contribution in [1.29, 1.82) is 0 Å². The van der Waals surface area contributed by atoms with E-state index < -0.39 is 18.0 Å². The topological polar surface area (TPSA) is 120 Å². The van der Waals surface area contributed by atoms with Crippen LogP contribution in [0.1, 0.15) is 41.6 Å². The number of carbonyl (C=O) groups is 2. The molecule has 4 aromatic rings. The van der Waals surface area contributed by atoms with Gasteiger partial charge in [0.05, 0.1) is 39.0 Å². The van der Waals surface area contributed by atoms with Gasteiger partial charge in [0.2, 0.25) is 0 Å². The Morgan fingerprint density at radius 2 is 1.95 bits per heavy atom. The molecule has 1 N–H and O–H groups in total. The van der Waals surface area contributed by atoms with Crippen LogP contribution in [0.25, 0.3) is 17.4 Å². The molecule has 2 aromatic heterocycles. The van der Waals surface area contributed by atoms with E-state index in [1.807, 2.05) is 0 Å². The highest BCUT2D eigenvalue weighted by Crippen LogP contribution is 2.32. The zero-order valence-electron chi connectivity index (χ0n) is 22.6. The van der Waals surface area contributed by atoms with Gasteiger partial charge in [-0.3, -0.25) is 9.36 Å². The number of allylic oxidation sites excluding steroid dienone is 1. The average Bonchev–Trinajstić information content (AvgIpc) is 3.55. The van der Waals surface area contributed by atoms with Crippen LogP contribution in [0.2, 0.25) is 5.02 Å². The van der Waals surface area contributed by atoms with Crippen LogP contribution in [0, 0.1) is 0 Å². The highest BCUT2D eigenvalue weighted by atomic mass is 35.5. The molecule has 3 heterocycles. The molecule has 0 unspecified atom stereocenters. The highest BCUT2D eigenvalue weighted by Gasteiger charge is 2.33. The number of fused-ring (bicyclic) bond motifs is 1. The van der Waals surface area contributed by atoms with Crippen molar-refractivity contribution in [3.05, 3.63) is 120 Å². The molecule has 9 nitrogen and oxygen atoms in total. The third-order valence-corrected chi connectivity index (χ3v) is 7.76. The van der Waals surface area contributed by atoms with Crippen LogP contribution in [0.15, 0.2) is 92.7 Å². The van der Waals surface area contributed by atoms with Crippen LogP contribution < -0.4 is 19.6 Å². The van der Waals surface area contributed by atoms with Crippen molar-refractivity contribution >= 4 is 41.0 Å². The fraction of sp³-hybridized carbons (Fsp3) is 0.161. The van der Waals surface area contributed by atoms with Crippen molar-refractivity contribution < 1.29 is 28.6 Å². The SMILES string of the molecule is C=CCOc1ccc([C@H]2C(C(=O)OCC)=C(C)N=c3s/c(=C\c4ccc(-c5ccc(C(=O)O)c(Cl)c5)o4)c(=O)n32)cc1. The summed E-state index contributed by atoms with van der Waals surface area (Å²) in [6, 6.07) is 14.3. The molecular weight excluding hydrogens is 580 g/mol. The Hall–Kier alpha value is -4.67. The van der Waals surface area contributed by atoms with Crippen molar-refractivity contribution in [2.24, 2.45) is 4.99 Å². The van der Waals surface area contributed by atoms with Crippen molar-refractivity contribution in [2.75, 3.05) is 13.2 Å². The summed E-state index contributed by atoms with van der Waals surface area (Å²) in [5.74, 6) is -0.204. The number of hydrogen-bond acceptors (Lipinski definition) is 8. The number of thiazole rings is 1. The number of furan rings is 1. The molecule has 0 radical (unpaired) electrons. The first-order valence-electron chi connectivity index (χ1n) is 12.9. The number of aromatic nitrogens is 1. The van der Waals surface area contributed by atoms with Gasteiger partial charge in [-0.1, -0.05) is 53.8 Å². The normalized spacial score (nSPS) is 14.7. The molecule has 0 amide bonds. The van der Waals surface area contributed by atoms with Crippen LogP contribution in [0.4, 0.5) is 0 Å². The molecule has 2 aromatic carbocycles. The second kappa shape index (κ2) is 12.1. The first-order valence-corrected chi connectivity index (χ1v) is 14.1. The number of benzene rings is 2. The molecule has 5 rings (SSSR count). The van der Waals surface area contributed by atoms with Gasteiger partial charge in [-0.05, 0) is 55.8 Å². The molecule has 0 fully saturated rings. The van der Waals surface area contributed by atoms with Crippen LogP contribution >= 0.6 is 22.9 Å². The molecule has 1 atom stereocenters. The van der Waals surface area contributed by atoms with E-state index in [0.717, 1.165) is 0 Å². The smallest absolute Gasteiger partial charge is 0.338 e. The summed E-state index contributed by atoms with van der Waals surface area (Å²) in [7, 11) is 0. The zero-order valence-corrected chi connectivity index (χ0v) is 24.2. The van der Waals surface area contributed by atoms with Gasteiger partial charge in [-0.25, -0.2) is 14.6 Å². The third-order valence-electron chi connectivity index (χ3n) is 6.46. The number of carbonyl (C=O) groups excluding carboxylic acids is 1. The molecule has 1 aliphatic rings. The van der Waals surface area contributed by atoms with E-state index in [4.69, 9.17) is 25.5 Å². The molecule has 0 aliphatic carbocycles. The van der Waals surface area contributed by atoms with Crippen molar-refractivity contribution in [3.63, 3.8) is 0 Å². The zero-order chi connectivity index (χ0) is 30.0. The molecule has 0 spiro atoms. The van der Waals surface area contributed by atoms with Crippen molar-refractivity contribution in [3.8, 4) is 17.1 Å². The van der Waals surface area contributed by atoms with E-state index in [0.29, 0.717) is 50.0 Å². The molecule has 0 bridgehead atoms. The molecular formula is C31H25ClN2O7S. The van der Waals surface area contributed by atoms with E-state index in [2.05, 4.69) is 11.6 Å². The monoisotopic (exact) mass is 604 g/mol. The summed E-state index contributed by atoms with van der Waals surface area (Å²) >= 11 is 7.29. The van der Waals surface area contributed by atoms with E-state index in [-0.39, 0.29) is 28.3 Å². The van der Waals surface area contributed by atoms with Gasteiger partial charge in [0.25, 0.3) is 5.56 Å². The Morgan fingerprint density at radius 3 is 2.62 bits per heavy atom. The lowest BCUT2D eigenvalue weighted by Crippen LogP contribution is -2.39. The number of hydrogen-bond donors (Lipinski definition) is 1. The highest BCUT2D eigenvalue weighted by molar-refractivity contribution is 7.07. The number of carboxylic acid groups (broad SMARTS) is 1. The number of rotatable bonds is 9. The second-order valence-electron chi connectivity index (χ2n) is 9.17. The summed E-state index contributed by atoms with van der Waals surface area (Å²) in [6.45, 7) is 7.61. The number of halogens is 1.